The van der Waals surface area contributed by atoms with E-state index >= 15 is 0 Å². The Kier molecular flexibility index (Phi) is 8.76. The predicted molar refractivity (Wildman–Crippen MR) is 192 cm³/mol. The van der Waals surface area contributed by atoms with E-state index in [-0.39, 0.29) is 30.9 Å². The van der Waals surface area contributed by atoms with E-state index in [4.69, 9.17) is 9.40 Å². The van der Waals surface area contributed by atoms with Crippen LogP contribution in [-0.4, -0.2) is 15.0 Å². The van der Waals surface area contributed by atoms with E-state index in [1.165, 1.54) is 45.4 Å². The SMILES string of the molecule is Cc1c[c-]c(-c2cc(C)c(C)cn2)cc1.Cc1ccc2c(n1)oc1c(-c3ccc4c5c(sc4n3)C(C)(C)CCC5(C)C)[c-]ccc12.[Ir]. The molecule has 0 amide bonds. The van der Waals surface area contributed by atoms with E-state index in [9.17, 15) is 0 Å². The van der Waals surface area contributed by atoms with Crippen LogP contribution < -0.4 is 0 Å². The van der Waals surface area contributed by atoms with Crippen molar-refractivity contribution in [2.45, 2.75) is 79.1 Å². The summed E-state index contributed by atoms with van der Waals surface area (Å²) in [5, 5.41) is 3.40. The van der Waals surface area contributed by atoms with Gasteiger partial charge in [-0.15, -0.1) is 64.9 Å². The number of hydrogen-bond donors (Lipinski definition) is 0. The van der Waals surface area contributed by atoms with E-state index in [0.717, 1.165) is 49.4 Å². The molecule has 47 heavy (non-hydrogen) atoms. The van der Waals surface area contributed by atoms with E-state index in [0.29, 0.717) is 5.71 Å². The minimum atomic E-state index is 0. The van der Waals surface area contributed by atoms with Crippen molar-refractivity contribution in [1.82, 2.24) is 15.0 Å². The molecule has 0 atom stereocenters. The molecular formula is C41H39IrN3OS-2. The Morgan fingerprint density at radius 1 is 0.766 bits per heavy atom. The molecule has 8 rings (SSSR count). The Balaban J connectivity index is 0.000000204. The van der Waals surface area contributed by atoms with Gasteiger partial charge < -0.3 is 9.40 Å². The van der Waals surface area contributed by atoms with Crippen LogP contribution in [0.4, 0.5) is 0 Å². The van der Waals surface area contributed by atoms with Crippen molar-refractivity contribution in [2.24, 2.45) is 0 Å². The number of fused-ring (bicyclic) bond motifs is 6. The Bertz CT molecular complexity index is 2260. The quantitative estimate of drug-likeness (QED) is 0.163. The van der Waals surface area contributed by atoms with Crippen molar-refractivity contribution in [1.29, 1.82) is 0 Å². The summed E-state index contributed by atoms with van der Waals surface area (Å²) in [5.74, 6) is 0. The van der Waals surface area contributed by atoms with Crippen LogP contribution in [0.3, 0.4) is 0 Å². The summed E-state index contributed by atoms with van der Waals surface area (Å²) in [6, 6.07) is 27.4. The predicted octanol–water partition coefficient (Wildman–Crippen LogP) is 11.2. The first kappa shape index (κ1) is 33.2. The van der Waals surface area contributed by atoms with Crippen LogP contribution in [0.15, 0.2) is 71.3 Å². The fourth-order valence-corrected chi connectivity index (χ4v) is 7.95. The molecule has 1 aliphatic rings. The van der Waals surface area contributed by atoms with Gasteiger partial charge in [0.2, 0.25) is 5.71 Å². The van der Waals surface area contributed by atoms with Gasteiger partial charge in [-0.25, -0.2) is 4.98 Å². The number of aromatic nitrogens is 3. The molecule has 7 aromatic rings. The Hall–Kier alpha value is -3.70. The molecule has 0 fully saturated rings. The molecule has 0 unspecified atom stereocenters. The van der Waals surface area contributed by atoms with Gasteiger partial charge in [0, 0.05) is 47.6 Å². The molecule has 2 aromatic carbocycles. The summed E-state index contributed by atoms with van der Waals surface area (Å²) in [6.45, 7) is 17.7. The normalized spacial score (nSPS) is 14.8. The van der Waals surface area contributed by atoms with E-state index in [2.05, 4.69) is 113 Å². The summed E-state index contributed by atoms with van der Waals surface area (Å²) in [6.07, 6.45) is 4.34. The molecule has 6 heteroatoms. The number of hydrogen-bond acceptors (Lipinski definition) is 5. The van der Waals surface area contributed by atoms with Gasteiger partial charge in [-0.2, -0.15) is 0 Å². The minimum Gasteiger partial charge on any atom is -0.486 e. The maximum absolute atomic E-state index is 6.20. The van der Waals surface area contributed by atoms with Crippen molar-refractivity contribution < 1.29 is 24.5 Å². The molecule has 0 saturated heterocycles. The molecule has 1 aliphatic carbocycles. The molecule has 1 radical (unpaired) electrons. The van der Waals surface area contributed by atoms with Gasteiger partial charge >= 0.3 is 0 Å². The molecule has 0 bridgehead atoms. The number of pyridine rings is 3. The number of thiophene rings is 1. The Morgan fingerprint density at radius 3 is 2.28 bits per heavy atom. The third-order valence-electron chi connectivity index (χ3n) is 9.53. The smallest absolute Gasteiger partial charge is 0.216 e. The average Bonchev–Trinajstić information content (AvgIpc) is 3.61. The summed E-state index contributed by atoms with van der Waals surface area (Å²) in [4.78, 5) is 16.7. The van der Waals surface area contributed by atoms with Crippen LogP contribution in [0.5, 0.6) is 0 Å². The topological polar surface area (TPSA) is 51.8 Å². The van der Waals surface area contributed by atoms with Gasteiger partial charge in [0.15, 0.2) is 0 Å². The number of furan rings is 1. The maximum atomic E-state index is 6.20. The van der Waals surface area contributed by atoms with Crippen molar-refractivity contribution in [3.8, 4) is 22.5 Å². The standard InChI is InChI=1S/C27H25N2OS.C14H14N.Ir/c1-15-9-10-17-16-7-6-8-18(22(16)30-24(17)28-15)20-12-11-19-21-23(31-25(19)29-20)27(4,5)14-13-26(21,2)3;1-10-4-6-13(7-5-10)14-8-11(2)12(3)9-15-14;/h6-7,9-12H,13-14H2,1-5H3;4-6,8-9H,1-3H3;/q2*-1;. The minimum absolute atomic E-state index is 0. The van der Waals surface area contributed by atoms with E-state index in [1.807, 2.05) is 42.7 Å². The molecule has 0 saturated carbocycles. The molecule has 241 valence electrons. The van der Waals surface area contributed by atoms with Gasteiger partial charge in [-0.3, -0.25) is 4.98 Å². The maximum Gasteiger partial charge on any atom is 0.216 e. The van der Waals surface area contributed by atoms with Crippen LogP contribution in [-0.2, 0) is 30.9 Å². The molecular weight excluding hydrogens is 775 g/mol. The van der Waals surface area contributed by atoms with Gasteiger partial charge in [0.25, 0.3) is 0 Å². The van der Waals surface area contributed by atoms with Crippen molar-refractivity contribution in [3.05, 3.63) is 112 Å². The van der Waals surface area contributed by atoms with Gasteiger partial charge in [0.05, 0.1) is 5.58 Å². The third-order valence-corrected chi connectivity index (χ3v) is 11.0. The molecule has 0 aliphatic heterocycles. The van der Waals surface area contributed by atoms with Gasteiger partial charge in [-0.1, -0.05) is 69.3 Å². The first-order valence-corrected chi connectivity index (χ1v) is 16.8. The second kappa shape index (κ2) is 12.4. The largest absolute Gasteiger partial charge is 0.486 e. The number of aryl methyl sites for hydroxylation is 4. The molecule has 5 aromatic heterocycles. The molecule has 4 nitrogen and oxygen atoms in total. The first-order chi connectivity index (χ1) is 21.9. The summed E-state index contributed by atoms with van der Waals surface area (Å²) in [5.41, 5.74) is 11.9. The second-order valence-electron chi connectivity index (χ2n) is 14.1. The Labute approximate surface area is 295 Å². The zero-order chi connectivity index (χ0) is 32.4. The van der Waals surface area contributed by atoms with E-state index < -0.39 is 0 Å². The average molecular weight is 814 g/mol. The van der Waals surface area contributed by atoms with Crippen LogP contribution in [0.2, 0.25) is 0 Å². The van der Waals surface area contributed by atoms with E-state index in [1.54, 1.807) is 0 Å². The van der Waals surface area contributed by atoms with Gasteiger partial charge in [0.1, 0.15) is 4.83 Å². The molecule has 0 N–H and O–H groups in total. The van der Waals surface area contributed by atoms with Crippen molar-refractivity contribution in [3.63, 3.8) is 0 Å². The van der Waals surface area contributed by atoms with Crippen LogP contribution in [0.25, 0.3) is 54.8 Å². The monoisotopic (exact) mass is 814 g/mol. The van der Waals surface area contributed by atoms with Crippen LogP contribution in [0.1, 0.15) is 73.4 Å². The fourth-order valence-electron chi connectivity index (χ4n) is 6.47. The molecule has 5 heterocycles. The summed E-state index contributed by atoms with van der Waals surface area (Å²) in [7, 11) is 0. The van der Waals surface area contributed by atoms with Gasteiger partial charge in [-0.05, 0) is 79.1 Å². The third kappa shape index (κ3) is 6.08. The number of rotatable bonds is 2. The van der Waals surface area contributed by atoms with Crippen molar-refractivity contribution >= 4 is 43.6 Å². The molecule has 0 spiro atoms. The summed E-state index contributed by atoms with van der Waals surface area (Å²) < 4.78 is 6.20. The van der Waals surface area contributed by atoms with Crippen LogP contribution in [0, 0.1) is 39.8 Å². The zero-order valence-corrected chi connectivity index (χ0v) is 31.5. The summed E-state index contributed by atoms with van der Waals surface area (Å²) >= 11 is 1.86. The number of nitrogens with zero attached hydrogens (tertiary/aromatic N) is 3. The first-order valence-electron chi connectivity index (χ1n) is 16.0. The zero-order valence-electron chi connectivity index (χ0n) is 28.3. The van der Waals surface area contributed by atoms with Crippen LogP contribution >= 0.6 is 11.3 Å². The fraction of sp³-hybridized carbons (Fsp3) is 0.293. The second-order valence-corrected chi connectivity index (χ2v) is 15.1. The van der Waals surface area contributed by atoms with Crippen molar-refractivity contribution in [2.75, 3.05) is 0 Å². The number of benzene rings is 2. The Morgan fingerprint density at radius 2 is 1.53 bits per heavy atom.